The van der Waals surface area contributed by atoms with E-state index in [0.29, 0.717) is 17.1 Å². The summed E-state index contributed by atoms with van der Waals surface area (Å²) in [5.74, 6) is 0. The van der Waals surface area contributed by atoms with E-state index in [1.54, 1.807) is 17.4 Å². The lowest BCUT2D eigenvalue weighted by atomic mass is 10.0. The minimum Gasteiger partial charge on any atom is -0.264 e. The topological polar surface area (TPSA) is 41.6 Å². The Labute approximate surface area is 171 Å². The maximum absolute atomic E-state index is 9.08. The third-order valence-electron chi connectivity index (χ3n) is 4.70. The Hall–Kier alpha value is -2.32. The minimum absolute atomic E-state index is 0.458. The van der Waals surface area contributed by atoms with Crippen molar-refractivity contribution in [3.63, 3.8) is 0 Å². The van der Waals surface area contributed by atoms with Gasteiger partial charge in [0.2, 0.25) is 0 Å². The highest BCUT2D eigenvalue weighted by molar-refractivity contribution is 7.17. The van der Waals surface area contributed by atoms with Crippen molar-refractivity contribution in [2.45, 2.75) is 20.4 Å². The van der Waals surface area contributed by atoms with Crippen molar-refractivity contribution in [3.8, 4) is 17.2 Å². The first-order valence-electron chi connectivity index (χ1n) is 8.37. The summed E-state index contributed by atoms with van der Waals surface area (Å²) in [6.07, 6.45) is 0. The fraction of sp³-hybridized carbons (Fsp3) is 0.143. The molecule has 0 atom stereocenters. The van der Waals surface area contributed by atoms with Crippen LogP contribution in [0.2, 0.25) is 10.0 Å². The standard InChI is InChI=1S/C21H15Cl2N3S/c1-12-21(14-3-4-15(9-24)19(23)7-14)13(2)26(25-12)10-16-11-27-20-6-5-17(22)8-18(16)20/h3-8,11H,10H2,1-2H3. The SMILES string of the molecule is Cc1nn(Cc2csc3ccc(Cl)cc23)c(C)c1-c1ccc(C#N)c(Cl)c1. The van der Waals surface area contributed by atoms with Gasteiger partial charge in [-0.15, -0.1) is 11.3 Å². The van der Waals surface area contributed by atoms with Gasteiger partial charge in [0.1, 0.15) is 6.07 Å². The molecule has 0 spiro atoms. The molecule has 2 aromatic carbocycles. The molecule has 0 fully saturated rings. The van der Waals surface area contributed by atoms with Gasteiger partial charge in [-0.2, -0.15) is 10.4 Å². The predicted molar refractivity (Wildman–Crippen MR) is 113 cm³/mol. The molecular weight excluding hydrogens is 397 g/mol. The Morgan fingerprint density at radius 3 is 2.70 bits per heavy atom. The minimum atomic E-state index is 0.458. The van der Waals surface area contributed by atoms with E-state index in [-0.39, 0.29) is 0 Å². The number of aryl methyl sites for hydroxylation is 1. The lowest BCUT2D eigenvalue weighted by molar-refractivity contribution is 0.663. The molecule has 0 aliphatic heterocycles. The molecule has 0 amide bonds. The number of aromatic nitrogens is 2. The van der Waals surface area contributed by atoms with Crippen molar-refractivity contribution in [1.29, 1.82) is 5.26 Å². The molecule has 0 unspecified atom stereocenters. The summed E-state index contributed by atoms with van der Waals surface area (Å²) in [6, 6.07) is 13.6. The zero-order valence-electron chi connectivity index (χ0n) is 14.8. The molecule has 3 nitrogen and oxygen atoms in total. The van der Waals surface area contributed by atoms with Gasteiger partial charge >= 0.3 is 0 Å². The third-order valence-corrected chi connectivity index (χ3v) is 6.26. The van der Waals surface area contributed by atoms with Crippen LogP contribution in [0.1, 0.15) is 22.5 Å². The summed E-state index contributed by atoms with van der Waals surface area (Å²) < 4.78 is 3.23. The van der Waals surface area contributed by atoms with Crippen LogP contribution in [0.4, 0.5) is 0 Å². The Kier molecular flexibility index (Phi) is 4.69. The van der Waals surface area contributed by atoms with Crippen LogP contribution >= 0.6 is 34.5 Å². The van der Waals surface area contributed by atoms with E-state index in [2.05, 4.69) is 24.4 Å². The summed E-state index contributed by atoms with van der Waals surface area (Å²) in [5.41, 5.74) is 5.70. The number of fused-ring (bicyclic) bond motifs is 1. The Morgan fingerprint density at radius 2 is 1.96 bits per heavy atom. The van der Waals surface area contributed by atoms with Gasteiger partial charge in [0.15, 0.2) is 0 Å². The molecular formula is C21H15Cl2N3S. The molecule has 0 N–H and O–H groups in total. The van der Waals surface area contributed by atoms with Crippen molar-refractivity contribution in [2.24, 2.45) is 0 Å². The maximum Gasteiger partial charge on any atom is 0.101 e. The Bertz CT molecular complexity index is 1210. The van der Waals surface area contributed by atoms with Gasteiger partial charge in [-0.3, -0.25) is 4.68 Å². The second-order valence-electron chi connectivity index (χ2n) is 6.41. The van der Waals surface area contributed by atoms with Crippen LogP contribution in [0.15, 0.2) is 41.8 Å². The average Bonchev–Trinajstić information content (AvgIpc) is 3.15. The number of nitrogens with zero attached hydrogens (tertiary/aromatic N) is 3. The van der Waals surface area contributed by atoms with Gasteiger partial charge in [-0.1, -0.05) is 29.3 Å². The van der Waals surface area contributed by atoms with Gasteiger partial charge < -0.3 is 0 Å². The van der Waals surface area contributed by atoms with E-state index in [1.807, 2.05) is 35.9 Å². The van der Waals surface area contributed by atoms with E-state index >= 15 is 0 Å². The fourth-order valence-electron chi connectivity index (χ4n) is 3.37. The van der Waals surface area contributed by atoms with Gasteiger partial charge in [0.25, 0.3) is 0 Å². The van der Waals surface area contributed by atoms with Crippen LogP contribution in [0, 0.1) is 25.2 Å². The average molecular weight is 412 g/mol. The first-order chi connectivity index (χ1) is 13.0. The van der Waals surface area contributed by atoms with Crippen LogP contribution in [0.3, 0.4) is 0 Å². The van der Waals surface area contributed by atoms with Crippen LogP contribution in [0.25, 0.3) is 21.2 Å². The molecule has 0 saturated carbocycles. The number of halogens is 2. The van der Waals surface area contributed by atoms with Gasteiger partial charge in [0.05, 0.1) is 22.8 Å². The summed E-state index contributed by atoms with van der Waals surface area (Å²) in [6.45, 7) is 4.73. The van der Waals surface area contributed by atoms with Gasteiger partial charge in [-0.25, -0.2) is 0 Å². The Morgan fingerprint density at radius 1 is 1.15 bits per heavy atom. The van der Waals surface area contributed by atoms with Crippen LogP contribution < -0.4 is 0 Å². The molecule has 134 valence electrons. The largest absolute Gasteiger partial charge is 0.264 e. The smallest absolute Gasteiger partial charge is 0.101 e. The highest BCUT2D eigenvalue weighted by atomic mass is 35.5. The van der Waals surface area contributed by atoms with Crippen molar-refractivity contribution in [3.05, 3.63) is 74.3 Å². The Balaban J connectivity index is 1.75. The highest BCUT2D eigenvalue weighted by Gasteiger charge is 2.16. The molecule has 2 heterocycles. The molecule has 4 aromatic rings. The summed E-state index contributed by atoms with van der Waals surface area (Å²) in [4.78, 5) is 0. The van der Waals surface area contributed by atoms with E-state index in [0.717, 1.165) is 27.5 Å². The quantitative estimate of drug-likeness (QED) is 0.380. The maximum atomic E-state index is 9.08. The molecule has 0 saturated heterocycles. The highest BCUT2D eigenvalue weighted by Crippen LogP contribution is 2.33. The lowest BCUT2D eigenvalue weighted by Gasteiger charge is -2.07. The van der Waals surface area contributed by atoms with E-state index in [1.165, 1.54) is 15.6 Å². The number of nitriles is 1. The van der Waals surface area contributed by atoms with Gasteiger partial charge in [0, 0.05) is 21.0 Å². The molecule has 2 aromatic heterocycles. The second-order valence-corrected chi connectivity index (χ2v) is 8.17. The molecule has 0 aliphatic carbocycles. The van der Waals surface area contributed by atoms with E-state index in [4.69, 9.17) is 33.6 Å². The summed E-state index contributed by atoms with van der Waals surface area (Å²) in [7, 11) is 0. The monoisotopic (exact) mass is 411 g/mol. The molecule has 4 rings (SSSR count). The summed E-state index contributed by atoms with van der Waals surface area (Å²) >= 11 is 14.1. The van der Waals surface area contributed by atoms with Crippen molar-refractivity contribution >= 4 is 44.6 Å². The molecule has 0 bridgehead atoms. The number of hydrogen-bond donors (Lipinski definition) is 0. The molecule has 0 aliphatic rings. The molecule has 6 heteroatoms. The molecule has 27 heavy (non-hydrogen) atoms. The van der Waals surface area contributed by atoms with Crippen LogP contribution in [-0.4, -0.2) is 9.78 Å². The number of hydrogen-bond acceptors (Lipinski definition) is 3. The van der Waals surface area contributed by atoms with Crippen molar-refractivity contribution < 1.29 is 0 Å². The predicted octanol–water partition coefficient (Wildman–Crippen LogP) is 6.61. The first-order valence-corrected chi connectivity index (χ1v) is 10.0. The van der Waals surface area contributed by atoms with Crippen molar-refractivity contribution in [1.82, 2.24) is 9.78 Å². The van der Waals surface area contributed by atoms with Crippen LogP contribution in [-0.2, 0) is 6.54 Å². The molecule has 0 radical (unpaired) electrons. The van der Waals surface area contributed by atoms with Gasteiger partial charge in [-0.05, 0) is 66.1 Å². The number of benzene rings is 2. The first kappa shape index (κ1) is 18.1. The lowest BCUT2D eigenvalue weighted by Crippen LogP contribution is -2.03. The van der Waals surface area contributed by atoms with E-state index < -0.39 is 0 Å². The normalized spacial score (nSPS) is 11.1. The second kappa shape index (κ2) is 7.01. The van der Waals surface area contributed by atoms with E-state index in [9.17, 15) is 0 Å². The zero-order chi connectivity index (χ0) is 19.1. The number of thiophene rings is 1. The third kappa shape index (κ3) is 3.23. The summed E-state index contributed by atoms with van der Waals surface area (Å²) in [5, 5.41) is 18.4. The van der Waals surface area contributed by atoms with Crippen LogP contribution in [0.5, 0.6) is 0 Å². The van der Waals surface area contributed by atoms with Crippen molar-refractivity contribution in [2.75, 3.05) is 0 Å². The zero-order valence-corrected chi connectivity index (χ0v) is 17.1. The number of rotatable bonds is 3. The fourth-order valence-corrected chi connectivity index (χ4v) is 4.70.